The Bertz CT molecular complexity index is 454. The van der Waals surface area contributed by atoms with E-state index in [4.69, 9.17) is 4.74 Å². The summed E-state index contributed by atoms with van der Waals surface area (Å²) in [7, 11) is 1.77. The summed E-state index contributed by atoms with van der Waals surface area (Å²) in [6, 6.07) is 7.92. The summed E-state index contributed by atoms with van der Waals surface area (Å²) < 4.78 is 5.53. The first kappa shape index (κ1) is 13.9. The topological polar surface area (TPSA) is 24.5 Å². The summed E-state index contributed by atoms with van der Waals surface area (Å²) in [6.45, 7) is 5.60. The van der Waals surface area contributed by atoms with Crippen molar-refractivity contribution in [2.24, 2.45) is 0 Å². The van der Waals surface area contributed by atoms with E-state index in [1.165, 1.54) is 49.9 Å². The monoisotopic (exact) mass is 274 g/mol. The second-order valence-electron chi connectivity index (χ2n) is 6.20. The van der Waals surface area contributed by atoms with E-state index in [0.717, 1.165) is 12.3 Å². The summed E-state index contributed by atoms with van der Waals surface area (Å²) in [5, 5.41) is 3.68. The third-order valence-electron chi connectivity index (χ3n) is 4.79. The smallest absolute Gasteiger partial charge is 0.123 e. The van der Waals surface area contributed by atoms with Crippen LogP contribution in [0.2, 0.25) is 0 Å². The lowest BCUT2D eigenvalue weighted by Crippen LogP contribution is -2.43. The third kappa shape index (κ3) is 2.84. The molecular weight excluding hydrogens is 248 g/mol. The quantitative estimate of drug-likeness (QED) is 0.913. The molecule has 3 nitrogen and oxygen atoms in total. The van der Waals surface area contributed by atoms with Crippen molar-refractivity contribution in [2.75, 3.05) is 20.2 Å². The minimum atomic E-state index is 0.702. The van der Waals surface area contributed by atoms with Crippen LogP contribution in [0, 0.1) is 6.92 Å². The van der Waals surface area contributed by atoms with Crippen molar-refractivity contribution in [3.8, 4) is 5.75 Å². The average Bonchev–Trinajstić information content (AvgIpc) is 3.09. The Morgan fingerprint density at radius 3 is 2.95 bits per heavy atom. The van der Waals surface area contributed by atoms with Crippen LogP contribution in [0.25, 0.3) is 0 Å². The third-order valence-corrected chi connectivity index (χ3v) is 4.79. The average molecular weight is 274 g/mol. The first-order valence-electron chi connectivity index (χ1n) is 7.89. The van der Waals surface area contributed by atoms with E-state index < -0.39 is 0 Å². The molecule has 0 aliphatic carbocycles. The molecule has 2 fully saturated rings. The molecule has 20 heavy (non-hydrogen) atoms. The highest BCUT2D eigenvalue weighted by Gasteiger charge is 2.33. The fraction of sp³-hybridized carbons (Fsp3) is 0.647. The lowest BCUT2D eigenvalue weighted by molar-refractivity contribution is 0.204. The van der Waals surface area contributed by atoms with Crippen molar-refractivity contribution in [2.45, 2.75) is 51.2 Å². The van der Waals surface area contributed by atoms with Gasteiger partial charge in [0.1, 0.15) is 5.75 Å². The number of methoxy groups -OCH3 is 1. The Hall–Kier alpha value is -1.06. The normalized spacial score (nSPS) is 27.1. The van der Waals surface area contributed by atoms with E-state index in [1.54, 1.807) is 7.11 Å². The first-order valence-corrected chi connectivity index (χ1v) is 7.89. The molecule has 1 aromatic carbocycles. The maximum absolute atomic E-state index is 5.53. The van der Waals surface area contributed by atoms with Crippen molar-refractivity contribution in [1.82, 2.24) is 10.2 Å². The largest absolute Gasteiger partial charge is 0.496 e. The van der Waals surface area contributed by atoms with E-state index in [9.17, 15) is 0 Å². The van der Waals surface area contributed by atoms with E-state index in [2.05, 4.69) is 35.3 Å². The molecule has 3 rings (SSSR count). The molecule has 0 spiro atoms. The van der Waals surface area contributed by atoms with Gasteiger partial charge in [-0.15, -0.1) is 0 Å². The Morgan fingerprint density at radius 2 is 2.20 bits per heavy atom. The molecular formula is C17H26N2O. The molecule has 0 aromatic heterocycles. The first-order chi connectivity index (χ1) is 9.78. The molecule has 2 unspecified atom stereocenters. The van der Waals surface area contributed by atoms with Crippen LogP contribution in [0.1, 0.15) is 36.8 Å². The lowest BCUT2D eigenvalue weighted by Gasteiger charge is -2.30. The number of hydrogen-bond acceptors (Lipinski definition) is 3. The molecule has 2 aliphatic heterocycles. The molecule has 2 saturated heterocycles. The molecule has 2 heterocycles. The van der Waals surface area contributed by atoms with E-state index >= 15 is 0 Å². The van der Waals surface area contributed by atoms with Gasteiger partial charge in [0.15, 0.2) is 0 Å². The number of aryl methyl sites for hydroxylation is 1. The molecule has 1 N–H and O–H groups in total. The van der Waals surface area contributed by atoms with Gasteiger partial charge in [0.05, 0.1) is 7.11 Å². The van der Waals surface area contributed by atoms with Gasteiger partial charge in [0.25, 0.3) is 0 Å². The fourth-order valence-electron chi connectivity index (χ4n) is 3.79. The highest BCUT2D eigenvalue weighted by atomic mass is 16.5. The van der Waals surface area contributed by atoms with Crippen molar-refractivity contribution in [1.29, 1.82) is 0 Å². The molecule has 0 saturated carbocycles. The van der Waals surface area contributed by atoms with Crippen LogP contribution in [0.5, 0.6) is 5.75 Å². The Labute approximate surface area is 122 Å². The number of nitrogens with one attached hydrogen (secondary N) is 1. The van der Waals surface area contributed by atoms with Gasteiger partial charge >= 0.3 is 0 Å². The zero-order chi connectivity index (χ0) is 13.9. The van der Waals surface area contributed by atoms with Crippen LogP contribution in [0.3, 0.4) is 0 Å². The zero-order valence-corrected chi connectivity index (χ0v) is 12.7. The van der Waals surface area contributed by atoms with E-state index in [-0.39, 0.29) is 0 Å². The highest BCUT2D eigenvalue weighted by molar-refractivity contribution is 5.36. The maximum Gasteiger partial charge on any atom is 0.123 e. The number of likely N-dealkylation sites (tertiary alicyclic amines) is 1. The summed E-state index contributed by atoms with van der Waals surface area (Å²) >= 11 is 0. The molecule has 2 aliphatic rings. The summed E-state index contributed by atoms with van der Waals surface area (Å²) in [5.74, 6) is 1.03. The standard InChI is InChI=1S/C17H26N2O/c1-13-7-8-17(20-2)14(11-13)12-19-10-4-6-16(19)15-5-3-9-18-15/h7-8,11,15-16,18H,3-6,9-10,12H2,1-2H3. The Morgan fingerprint density at radius 1 is 1.30 bits per heavy atom. The minimum absolute atomic E-state index is 0.702. The second kappa shape index (κ2) is 6.15. The highest BCUT2D eigenvalue weighted by Crippen LogP contribution is 2.29. The number of benzene rings is 1. The van der Waals surface area contributed by atoms with Gasteiger partial charge < -0.3 is 10.1 Å². The Kier molecular flexibility index (Phi) is 4.27. The predicted molar refractivity (Wildman–Crippen MR) is 82.2 cm³/mol. The Balaban J connectivity index is 1.74. The van der Waals surface area contributed by atoms with Crippen LogP contribution in [0.15, 0.2) is 18.2 Å². The summed E-state index contributed by atoms with van der Waals surface area (Å²) in [5.41, 5.74) is 2.65. The minimum Gasteiger partial charge on any atom is -0.496 e. The van der Waals surface area contributed by atoms with Gasteiger partial charge in [-0.05, 0) is 51.8 Å². The van der Waals surface area contributed by atoms with Crippen LogP contribution in [0.4, 0.5) is 0 Å². The van der Waals surface area contributed by atoms with Crippen molar-refractivity contribution < 1.29 is 4.74 Å². The number of ether oxygens (including phenoxy) is 1. The number of hydrogen-bond donors (Lipinski definition) is 1. The molecule has 0 amide bonds. The van der Waals surface area contributed by atoms with Crippen LogP contribution in [-0.4, -0.2) is 37.2 Å². The number of nitrogens with zero attached hydrogens (tertiary/aromatic N) is 1. The SMILES string of the molecule is COc1ccc(C)cc1CN1CCCC1C1CCCN1. The summed E-state index contributed by atoms with van der Waals surface area (Å²) in [6.07, 6.45) is 5.34. The molecule has 0 bridgehead atoms. The van der Waals surface area contributed by atoms with Gasteiger partial charge in [-0.25, -0.2) is 0 Å². The van der Waals surface area contributed by atoms with Gasteiger partial charge in [0.2, 0.25) is 0 Å². The molecule has 3 heteroatoms. The maximum atomic E-state index is 5.53. The van der Waals surface area contributed by atoms with Crippen LogP contribution in [-0.2, 0) is 6.54 Å². The van der Waals surface area contributed by atoms with E-state index in [0.29, 0.717) is 12.1 Å². The van der Waals surface area contributed by atoms with Crippen LogP contribution >= 0.6 is 0 Å². The van der Waals surface area contributed by atoms with Crippen molar-refractivity contribution in [3.05, 3.63) is 29.3 Å². The number of rotatable bonds is 4. The fourth-order valence-corrected chi connectivity index (χ4v) is 3.79. The molecule has 110 valence electrons. The lowest BCUT2D eigenvalue weighted by atomic mass is 10.0. The van der Waals surface area contributed by atoms with Gasteiger partial charge in [-0.3, -0.25) is 4.90 Å². The molecule has 1 aromatic rings. The second-order valence-corrected chi connectivity index (χ2v) is 6.20. The van der Waals surface area contributed by atoms with Crippen LogP contribution < -0.4 is 10.1 Å². The molecule has 0 radical (unpaired) electrons. The molecule has 2 atom stereocenters. The van der Waals surface area contributed by atoms with E-state index in [1.807, 2.05) is 0 Å². The van der Waals surface area contributed by atoms with Crippen molar-refractivity contribution in [3.63, 3.8) is 0 Å². The van der Waals surface area contributed by atoms with Gasteiger partial charge in [0, 0.05) is 24.2 Å². The van der Waals surface area contributed by atoms with Gasteiger partial charge in [-0.2, -0.15) is 0 Å². The predicted octanol–water partition coefficient (Wildman–Crippen LogP) is 2.72. The van der Waals surface area contributed by atoms with Gasteiger partial charge in [-0.1, -0.05) is 17.7 Å². The zero-order valence-electron chi connectivity index (χ0n) is 12.7. The summed E-state index contributed by atoms with van der Waals surface area (Å²) in [4.78, 5) is 2.65. The van der Waals surface area contributed by atoms with Crippen molar-refractivity contribution >= 4 is 0 Å².